The Labute approximate surface area is 123 Å². The summed E-state index contributed by atoms with van der Waals surface area (Å²) in [6.07, 6.45) is 0. The molecule has 0 aliphatic carbocycles. The predicted molar refractivity (Wildman–Crippen MR) is 79.2 cm³/mol. The number of hydrogen-bond acceptors (Lipinski definition) is 2. The van der Waals surface area contributed by atoms with Gasteiger partial charge >= 0.3 is 0 Å². The van der Waals surface area contributed by atoms with Gasteiger partial charge in [-0.15, -0.1) is 11.3 Å². The van der Waals surface area contributed by atoms with Crippen molar-refractivity contribution >= 4 is 50.5 Å². The highest BCUT2D eigenvalue weighted by molar-refractivity contribution is 9.10. The summed E-state index contributed by atoms with van der Waals surface area (Å²) in [5.74, 6) is 0. The topological polar surface area (TPSA) is 26.0 Å². The average molecular weight is 351 g/mol. The van der Waals surface area contributed by atoms with Gasteiger partial charge in [-0.2, -0.15) is 0 Å². The molecule has 17 heavy (non-hydrogen) atoms. The lowest BCUT2D eigenvalue weighted by Crippen LogP contribution is -2.11. The molecule has 2 aromatic rings. The van der Waals surface area contributed by atoms with Crippen LogP contribution >= 0.6 is 50.5 Å². The zero-order chi connectivity index (χ0) is 12.6. The van der Waals surface area contributed by atoms with Crippen molar-refractivity contribution in [2.45, 2.75) is 13.0 Å². The predicted octanol–water partition coefficient (Wildman–Crippen LogP) is 5.17. The standard InChI is InChI=1S/C12H10BrCl2NS/c1-6-4-7(14)2-3-8(6)11(16)10-5-9(13)12(15)17-10/h2-5,11H,16H2,1H3. The Hall–Kier alpha value is -0.0600. The monoisotopic (exact) mass is 349 g/mol. The van der Waals surface area contributed by atoms with Crippen molar-refractivity contribution in [3.05, 3.63) is 54.1 Å². The van der Waals surface area contributed by atoms with Gasteiger partial charge in [0.15, 0.2) is 0 Å². The zero-order valence-electron chi connectivity index (χ0n) is 9.01. The number of hydrogen-bond donors (Lipinski definition) is 1. The van der Waals surface area contributed by atoms with E-state index in [-0.39, 0.29) is 6.04 Å². The van der Waals surface area contributed by atoms with Crippen molar-refractivity contribution in [1.29, 1.82) is 0 Å². The number of halogens is 3. The van der Waals surface area contributed by atoms with E-state index in [1.807, 2.05) is 31.2 Å². The minimum Gasteiger partial charge on any atom is -0.320 e. The highest BCUT2D eigenvalue weighted by Crippen LogP contribution is 2.37. The summed E-state index contributed by atoms with van der Waals surface area (Å²) in [6, 6.07) is 7.53. The smallest absolute Gasteiger partial charge is 0.107 e. The summed E-state index contributed by atoms with van der Waals surface area (Å²) in [5.41, 5.74) is 8.40. The summed E-state index contributed by atoms with van der Waals surface area (Å²) in [4.78, 5) is 1.03. The lowest BCUT2D eigenvalue weighted by atomic mass is 10.0. The zero-order valence-corrected chi connectivity index (χ0v) is 12.9. The van der Waals surface area contributed by atoms with E-state index in [0.29, 0.717) is 0 Å². The third-order valence-corrected chi connectivity index (χ3v) is 5.33. The molecule has 2 rings (SSSR count). The first-order valence-electron chi connectivity index (χ1n) is 4.95. The second kappa shape index (κ2) is 5.29. The molecule has 0 bridgehead atoms. The Morgan fingerprint density at radius 2 is 2.00 bits per heavy atom. The summed E-state index contributed by atoms with van der Waals surface area (Å²) in [7, 11) is 0. The van der Waals surface area contributed by atoms with Crippen molar-refractivity contribution in [3.63, 3.8) is 0 Å². The van der Waals surface area contributed by atoms with Crippen LogP contribution in [0.15, 0.2) is 28.7 Å². The maximum atomic E-state index is 6.24. The van der Waals surface area contributed by atoms with Crippen LogP contribution in [0.3, 0.4) is 0 Å². The van der Waals surface area contributed by atoms with Gasteiger partial charge in [0.1, 0.15) is 4.34 Å². The van der Waals surface area contributed by atoms with Gasteiger partial charge in [-0.3, -0.25) is 0 Å². The van der Waals surface area contributed by atoms with E-state index in [1.54, 1.807) is 0 Å². The minimum absolute atomic E-state index is 0.166. The lowest BCUT2D eigenvalue weighted by molar-refractivity contribution is 0.882. The molecule has 0 radical (unpaired) electrons. The summed E-state index contributed by atoms with van der Waals surface area (Å²) in [6.45, 7) is 2.01. The van der Waals surface area contributed by atoms with Crippen LogP contribution < -0.4 is 5.73 Å². The molecule has 90 valence electrons. The normalized spacial score (nSPS) is 12.8. The fourth-order valence-electron chi connectivity index (χ4n) is 1.66. The molecule has 1 unspecified atom stereocenters. The molecule has 1 heterocycles. The summed E-state index contributed by atoms with van der Waals surface area (Å²) < 4.78 is 1.61. The van der Waals surface area contributed by atoms with Crippen LogP contribution in [0.4, 0.5) is 0 Å². The Balaban J connectivity index is 2.39. The summed E-state index contributed by atoms with van der Waals surface area (Å²) in [5, 5.41) is 0.726. The fourth-order valence-corrected chi connectivity index (χ4v) is 3.64. The molecule has 0 fully saturated rings. The van der Waals surface area contributed by atoms with Gasteiger partial charge in [0.05, 0.1) is 6.04 Å². The van der Waals surface area contributed by atoms with Gasteiger partial charge in [0.25, 0.3) is 0 Å². The van der Waals surface area contributed by atoms with Crippen molar-refractivity contribution < 1.29 is 0 Å². The van der Waals surface area contributed by atoms with Crippen molar-refractivity contribution in [2.75, 3.05) is 0 Å². The molecular weight excluding hydrogens is 341 g/mol. The maximum absolute atomic E-state index is 6.24. The van der Waals surface area contributed by atoms with Crippen molar-refractivity contribution in [2.24, 2.45) is 5.73 Å². The van der Waals surface area contributed by atoms with Gasteiger partial charge in [-0.25, -0.2) is 0 Å². The Kier molecular flexibility index (Phi) is 4.16. The van der Waals surface area contributed by atoms with Gasteiger partial charge in [-0.1, -0.05) is 29.3 Å². The Bertz CT molecular complexity index is 534. The van der Waals surface area contributed by atoms with E-state index < -0.39 is 0 Å². The van der Waals surface area contributed by atoms with Crippen molar-refractivity contribution in [3.8, 4) is 0 Å². The van der Waals surface area contributed by atoms with E-state index in [4.69, 9.17) is 28.9 Å². The first-order chi connectivity index (χ1) is 7.99. The Morgan fingerprint density at radius 1 is 1.29 bits per heavy atom. The van der Waals surface area contributed by atoms with Crippen LogP contribution in [-0.2, 0) is 0 Å². The van der Waals surface area contributed by atoms with Gasteiger partial charge in [0, 0.05) is 14.4 Å². The first kappa shape index (κ1) is 13.4. The molecule has 1 aromatic heterocycles. The molecule has 5 heteroatoms. The largest absolute Gasteiger partial charge is 0.320 e. The average Bonchev–Trinajstić information content (AvgIpc) is 2.58. The van der Waals surface area contributed by atoms with Crippen LogP contribution in [0.25, 0.3) is 0 Å². The number of rotatable bonds is 2. The summed E-state index contributed by atoms with van der Waals surface area (Å²) >= 11 is 16.8. The van der Waals surface area contributed by atoms with E-state index in [1.165, 1.54) is 11.3 Å². The van der Waals surface area contributed by atoms with Crippen LogP contribution in [0.1, 0.15) is 22.0 Å². The van der Waals surface area contributed by atoms with Crippen LogP contribution in [0, 0.1) is 6.92 Å². The third-order valence-electron chi connectivity index (χ3n) is 2.54. The van der Waals surface area contributed by atoms with Crippen molar-refractivity contribution in [1.82, 2.24) is 0 Å². The van der Waals surface area contributed by atoms with Gasteiger partial charge in [0.2, 0.25) is 0 Å². The second-order valence-electron chi connectivity index (χ2n) is 3.75. The van der Waals surface area contributed by atoms with E-state index >= 15 is 0 Å². The molecule has 0 aliphatic heterocycles. The molecule has 0 saturated carbocycles. The molecule has 1 nitrogen and oxygen atoms in total. The molecular formula is C12H10BrCl2NS. The van der Waals surface area contributed by atoms with Crippen LogP contribution in [-0.4, -0.2) is 0 Å². The SMILES string of the molecule is Cc1cc(Cl)ccc1C(N)c1cc(Br)c(Cl)s1. The molecule has 2 N–H and O–H groups in total. The number of benzene rings is 1. The van der Waals surface area contributed by atoms with Gasteiger partial charge in [-0.05, 0) is 52.2 Å². The maximum Gasteiger partial charge on any atom is 0.107 e. The van der Waals surface area contributed by atoms with E-state index in [0.717, 1.165) is 29.8 Å². The fraction of sp³-hybridized carbons (Fsp3) is 0.167. The second-order valence-corrected chi connectivity index (χ2v) is 6.73. The third kappa shape index (κ3) is 2.85. The molecule has 0 aliphatic rings. The number of aryl methyl sites for hydroxylation is 1. The Morgan fingerprint density at radius 3 is 2.53 bits per heavy atom. The molecule has 0 saturated heterocycles. The molecule has 0 spiro atoms. The molecule has 1 aromatic carbocycles. The number of nitrogens with two attached hydrogens (primary N) is 1. The van der Waals surface area contributed by atoms with E-state index in [9.17, 15) is 0 Å². The molecule has 0 amide bonds. The highest BCUT2D eigenvalue weighted by atomic mass is 79.9. The van der Waals surface area contributed by atoms with Gasteiger partial charge < -0.3 is 5.73 Å². The quantitative estimate of drug-likeness (QED) is 0.793. The molecule has 1 atom stereocenters. The lowest BCUT2D eigenvalue weighted by Gasteiger charge is -2.13. The van der Waals surface area contributed by atoms with Crippen LogP contribution in [0.5, 0.6) is 0 Å². The minimum atomic E-state index is -0.166. The van der Waals surface area contributed by atoms with E-state index in [2.05, 4.69) is 15.9 Å². The number of thiophene rings is 1. The van der Waals surface area contributed by atoms with Crippen LogP contribution in [0.2, 0.25) is 9.36 Å². The highest BCUT2D eigenvalue weighted by Gasteiger charge is 2.15. The first-order valence-corrected chi connectivity index (χ1v) is 7.32.